The second kappa shape index (κ2) is 7.46. The Labute approximate surface area is 141 Å². The summed E-state index contributed by atoms with van der Waals surface area (Å²) in [6.07, 6.45) is 4.66. The molecule has 1 aromatic heterocycles. The molecule has 0 aliphatic rings. The Hall–Kier alpha value is -2.38. The molecule has 1 unspecified atom stereocenters. The number of furan rings is 1. The van der Waals surface area contributed by atoms with Crippen molar-refractivity contribution in [1.29, 1.82) is 0 Å². The van der Waals surface area contributed by atoms with Crippen molar-refractivity contribution >= 4 is 22.0 Å². The SMILES string of the molecule is CNS(=O)(=O)c1ccc(/C=C/C(=O)N(C)C(C)c2ccco2)cc1. The molecule has 0 fully saturated rings. The van der Waals surface area contributed by atoms with E-state index in [4.69, 9.17) is 4.42 Å². The Morgan fingerprint density at radius 1 is 1.25 bits per heavy atom. The zero-order valence-corrected chi connectivity index (χ0v) is 14.6. The molecule has 0 aliphatic carbocycles. The number of carbonyl (C=O) groups is 1. The van der Waals surface area contributed by atoms with Crippen molar-refractivity contribution in [3.8, 4) is 0 Å². The van der Waals surface area contributed by atoms with Crippen molar-refractivity contribution < 1.29 is 17.6 Å². The first-order valence-corrected chi connectivity index (χ1v) is 8.85. The van der Waals surface area contributed by atoms with Crippen molar-refractivity contribution in [2.24, 2.45) is 0 Å². The Balaban J connectivity index is 2.06. The fraction of sp³-hybridized carbons (Fsp3) is 0.235. The van der Waals surface area contributed by atoms with Crippen LogP contribution in [0.15, 0.2) is 58.1 Å². The maximum atomic E-state index is 12.2. The number of likely N-dealkylation sites (N-methyl/N-ethyl adjacent to an activating group) is 1. The number of sulfonamides is 1. The lowest BCUT2D eigenvalue weighted by molar-refractivity contribution is -0.126. The Bertz CT molecular complexity index is 809. The quantitative estimate of drug-likeness (QED) is 0.813. The highest BCUT2D eigenvalue weighted by atomic mass is 32.2. The van der Waals surface area contributed by atoms with Crippen LogP contribution >= 0.6 is 0 Å². The molecule has 24 heavy (non-hydrogen) atoms. The van der Waals surface area contributed by atoms with Crippen LogP contribution in [0.2, 0.25) is 0 Å². The zero-order chi connectivity index (χ0) is 17.7. The molecule has 1 atom stereocenters. The van der Waals surface area contributed by atoms with E-state index < -0.39 is 10.0 Å². The molecule has 2 rings (SSSR count). The van der Waals surface area contributed by atoms with Gasteiger partial charge >= 0.3 is 0 Å². The van der Waals surface area contributed by atoms with Crippen LogP contribution in [-0.2, 0) is 14.8 Å². The van der Waals surface area contributed by atoms with Crippen LogP contribution < -0.4 is 4.72 Å². The molecule has 0 aliphatic heterocycles. The minimum Gasteiger partial charge on any atom is -0.467 e. The molecule has 1 aromatic carbocycles. The predicted octanol–water partition coefficient (Wildman–Crippen LogP) is 2.42. The van der Waals surface area contributed by atoms with Gasteiger partial charge in [0.1, 0.15) is 5.76 Å². The third-order valence-electron chi connectivity index (χ3n) is 3.76. The number of hydrogen-bond donors (Lipinski definition) is 1. The smallest absolute Gasteiger partial charge is 0.246 e. The fourth-order valence-electron chi connectivity index (χ4n) is 2.07. The van der Waals surface area contributed by atoms with Gasteiger partial charge in [0, 0.05) is 13.1 Å². The monoisotopic (exact) mass is 348 g/mol. The molecule has 0 bridgehead atoms. The average molecular weight is 348 g/mol. The Kier molecular flexibility index (Phi) is 5.58. The molecule has 7 heteroatoms. The molecule has 0 radical (unpaired) electrons. The van der Waals surface area contributed by atoms with Crippen molar-refractivity contribution in [2.75, 3.05) is 14.1 Å². The van der Waals surface area contributed by atoms with Crippen LogP contribution in [0.1, 0.15) is 24.3 Å². The van der Waals surface area contributed by atoms with Crippen molar-refractivity contribution in [3.05, 3.63) is 60.1 Å². The van der Waals surface area contributed by atoms with Crippen LogP contribution in [-0.4, -0.2) is 33.3 Å². The van der Waals surface area contributed by atoms with Crippen molar-refractivity contribution in [2.45, 2.75) is 17.9 Å². The first kappa shape index (κ1) is 18.0. The van der Waals surface area contributed by atoms with Crippen molar-refractivity contribution in [1.82, 2.24) is 9.62 Å². The Morgan fingerprint density at radius 3 is 2.46 bits per heavy atom. The molecule has 1 heterocycles. The van der Waals surface area contributed by atoms with E-state index in [0.29, 0.717) is 5.76 Å². The van der Waals surface area contributed by atoms with Gasteiger partial charge in [0.2, 0.25) is 15.9 Å². The number of nitrogens with zero attached hydrogens (tertiary/aromatic N) is 1. The highest BCUT2D eigenvalue weighted by Gasteiger charge is 2.17. The molecule has 6 nitrogen and oxygen atoms in total. The van der Waals surface area contributed by atoms with Gasteiger partial charge in [-0.2, -0.15) is 0 Å². The second-order valence-corrected chi connectivity index (χ2v) is 7.14. The lowest BCUT2D eigenvalue weighted by Gasteiger charge is -2.21. The molecule has 1 amide bonds. The molecular formula is C17H20N2O4S. The van der Waals surface area contributed by atoms with E-state index in [0.717, 1.165) is 5.56 Å². The Morgan fingerprint density at radius 2 is 1.92 bits per heavy atom. The average Bonchev–Trinajstić information content (AvgIpc) is 3.13. The van der Waals surface area contributed by atoms with E-state index in [-0.39, 0.29) is 16.8 Å². The summed E-state index contributed by atoms with van der Waals surface area (Å²) in [5.41, 5.74) is 0.734. The number of rotatable bonds is 6. The molecular weight excluding hydrogens is 328 g/mol. The minimum absolute atomic E-state index is 0.175. The third-order valence-corrected chi connectivity index (χ3v) is 5.19. The van der Waals surface area contributed by atoms with Crippen LogP contribution in [0.5, 0.6) is 0 Å². The maximum absolute atomic E-state index is 12.2. The number of carbonyl (C=O) groups excluding carboxylic acids is 1. The van der Waals surface area contributed by atoms with E-state index in [1.165, 1.54) is 25.3 Å². The standard InChI is InChI=1S/C17H20N2O4S/c1-13(16-5-4-12-23-16)19(3)17(20)11-8-14-6-9-15(10-7-14)24(21,22)18-2/h4-13,18H,1-3H3/b11-8+. The minimum atomic E-state index is -3.46. The highest BCUT2D eigenvalue weighted by molar-refractivity contribution is 7.89. The van der Waals surface area contributed by atoms with Gasteiger partial charge in [0.05, 0.1) is 17.2 Å². The largest absolute Gasteiger partial charge is 0.467 e. The van der Waals surface area contributed by atoms with E-state index in [2.05, 4.69) is 4.72 Å². The molecule has 0 saturated heterocycles. The lowest BCUT2D eigenvalue weighted by atomic mass is 10.2. The van der Waals surface area contributed by atoms with E-state index in [1.807, 2.05) is 13.0 Å². The van der Waals surface area contributed by atoms with Gasteiger partial charge in [-0.1, -0.05) is 12.1 Å². The summed E-state index contributed by atoms with van der Waals surface area (Å²) in [6.45, 7) is 1.88. The molecule has 128 valence electrons. The third kappa shape index (κ3) is 4.12. The highest BCUT2D eigenvalue weighted by Crippen LogP contribution is 2.19. The van der Waals surface area contributed by atoms with E-state index in [9.17, 15) is 13.2 Å². The van der Waals surface area contributed by atoms with E-state index >= 15 is 0 Å². The molecule has 2 aromatic rings. The van der Waals surface area contributed by atoms with Gasteiger partial charge in [-0.25, -0.2) is 13.1 Å². The van der Waals surface area contributed by atoms with Gasteiger partial charge < -0.3 is 9.32 Å². The van der Waals surface area contributed by atoms with Crippen LogP contribution in [0, 0.1) is 0 Å². The number of hydrogen-bond acceptors (Lipinski definition) is 4. The molecule has 0 spiro atoms. The summed E-state index contributed by atoms with van der Waals surface area (Å²) in [6, 6.07) is 9.68. The summed E-state index contributed by atoms with van der Waals surface area (Å²) < 4.78 is 30.9. The maximum Gasteiger partial charge on any atom is 0.246 e. The summed E-state index contributed by atoms with van der Waals surface area (Å²) in [4.78, 5) is 14.0. The fourth-order valence-corrected chi connectivity index (χ4v) is 2.80. The number of benzene rings is 1. The van der Waals surface area contributed by atoms with Gasteiger partial charge in [0.15, 0.2) is 0 Å². The lowest BCUT2D eigenvalue weighted by Crippen LogP contribution is -2.27. The first-order valence-electron chi connectivity index (χ1n) is 7.37. The van der Waals surface area contributed by atoms with Gasteiger partial charge in [-0.05, 0) is 49.9 Å². The van der Waals surface area contributed by atoms with Crippen LogP contribution in [0.3, 0.4) is 0 Å². The number of amides is 1. The van der Waals surface area contributed by atoms with Crippen LogP contribution in [0.25, 0.3) is 6.08 Å². The summed E-state index contributed by atoms with van der Waals surface area (Å²) in [7, 11) is -0.400. The van der Waals surface area contributed by atoms with E-state index in [1.54, 1.807) is 42.5 Å². The first-order chi connectivity index (χ1) is 11.3. The number of nitrogens with one attached hydrogen (secondary N) is 1. The summed E-state index contributed by atoms with van der Waals surface area (Å²) in [5, 5.41) is 0. The molecule has 0 saturated carbocycles. The van der Waals surface area contributed by atoms with Gasteiger partial charge in [-0.3, -0.25) is 4.79 Å². The predicted molar refractivity (Wildman–Crippen MR) is 91.6 cm³/mol. The summed E-state index contributed by atoms with van der Waals surface area (Å²) >= 11 is 0. The molecule has 1 N–H and O–H groups in total. The second-order valence-electron chi connectivity index (χ2n) is 5.25. The normalized spacial score (nSPS) is 13.1. The van der Waals surface area contributed by atoms with Crippen LogP contribution in [0.4, 0.5) is 0 Å². The zero-order valence-electron chi connectivity index (χ0n) is 13.8. The topological polar surface area (TPSA) is 79.6 Å². The van der Waals surface area contributed by atoms with Gasteiger partial charge in [0.25, 0.3) is 0 Å². The summed E-state index contributed by atoms with van der Waals surface area (Å²) in [5.74, 6) is 0.534. The van der Waals surface area contributed by atoms with Crippen molar-refractivity contribution in [3.63, 3.8) is 0 Å². The van der Waals surface area contributed by atoms with Gasteiger partial charge in [-0.15, -0.1) is 0 Å².